The Balaban J connectivity index is 1.46. The fourth-order valence-electron chi connectivity index (χ4n) is 4.16. The summed E-state index contributed by atoms with van der Waals surface area (Å²) >= 11 is 0. The van der Waals surface area contributed by atoms with Crippen molar-refractivity contribution in [3.05, 3.63) is 30.1 Å². The number of carbonyl (C=O) groups excluding carboxylic acids is 1. The predicted octanol–water partition coefficient (Wildman–Crippen LogP) is 2.11. The zero-order valence-electron chi connectivity index (χ0n) is 17.0. The van der Waals surface area contributed by atoms with Crippen LogP contribution >= 0.6 is 0 Å². The van der Waals surface area contributed by atoms with Gasteiger partial charge in [-0.1, -0.05) is 25.5 Å². The smallest absolute Gasteiger partial charge is 0.317 e. The molecule has 162 valence electrons. The van der Waals surface area contributed by atoms with Gasteiger partial charge in [-0.3, -0.25) is 4.90 Å². The van der Waals surface area contributed by atoms with Gasteiger partial charge in [0.25, 0.3) is 0 Å². The summed E-state index contributed by atoms with van der Waals surface area (Å²) in [6.45, 7) is 5.62. The van der Waals surface area contributed by atoms with Crippen LogP contribution in [0.2, 0.25) is 0 Å². The highest BCUT2D eigenvalue weighted by molar-refractivity contribution is 7.89. The quantitative estimate of drug-likeness (QED) is 0.756. The molecule has 0 spiro atoms. The Morgan fingerprint density at radius 3 is 2.55 bits per heavy atom. The third-order valence-electron chi connectivity index (χ3n) is 5.88. The molecule has 0 bridgehead atoms. The van der Waals surface area contributed by atoms with Gasteiger partial charge >= 0.3 is 6.03 Å². The Bertz CT molecular complexity index is 797. The van der Waals surface area contributed by atoms with Gasteiger partial charge in [-0.15, -0.1) is 0 Å². The number of piperidine rings is 1. The molecule has 1 atom stereocenters. The number of sulfonamides is 1. The molecule has 2 amide bonds. The topological polar surface area (TPSA) is 73.0 Å². The molecule has 3 rings (SSSR count). The van der Waals surface area contributed by atoms with Crippen molar-refractivity contribution in [3.63, 3.8) is 0 Å². The number of urea groups is 1. The number of likely N-dealkylation sites (tertiary alicyclic amines) is 1. The Hall–Kier alpha value is -1.71. The summed E-state index contributed by atoms with van der Waals surface area (Å²) in [5.74, 6) is -0.754. The van der Waals surface area contributed by atoms with Crippen molar-refractivity contribution in [2.45, 2.75) is 43.5 Å². The monoisotopic (exact) mass is 426 g/mol. The van der Waals surface area contributed by atoms with Crippen LogP contribution < -0.4 is 5.32 Å². The molecule has 1 aromatic carbocycles. The molecule has 7 nitrogen and oxygen atoms in total. The van der Waals surface area contributed by atoms with Crippen LogP contribution in [0.4, 0.5) is 9.18 Å². The molecule has 0 aromatic heterocycles. The number of amides is 2. The molecule has 2 aliphatic rings. The minimum absolute atomic E-state index is 0.161. The standard InChI is InChI=1S/C20H31FN4O3S/c1-2-17-7-5-6-11-23(17)12-10-22-20(26)24-13-15-25(16-14-24)29(27,28)19-9-4-3-8-18(19)21/h3-4,8-9,17H,2,5-7,10-16H2,1H3,(H,22,26). The lowest BCUT2D eigenvalue weighted by atomic mass is 10.0. The highest BCUT2D eigenvalue weighted by atomic mass is 32.2. The van der Waals surface area contributed by atoms with Crippen LogP contribution in [0.3, 0.4) is 0 Å². The zero-order chi connectivity index (χ0) is 20.9. The van der Waals surface area contributed by atoms with Crippen LogP contribution in [0.5, 0.6) is 0 Å². The lowest BCUT2D eigenvalue weighted by Gasteiger charge is -2.36. The van der Waals surface area contributed by atoms with E-state index < -0.39 is 15.8 Å². The third-order valence-corrected chi connectivity index (χ3v) is 7.81. The van der Waals surface area contributed by atoms with Crippen LogP contribution in [0, 0.1) is 5.82 Å². The summed E-state index contributed by atoms with van der Waals surface area (Å²) in [5, 5.41) is 2.96. The Morgan fingerprint density at radius 2 is 1.86 bits per heavy atom. The number of hydrogen-bond donors (Lipinski definition) is 1. The molecule has 0 aliphatic carbocycles. The highest BCUT2D eigenvalue weighted by Crippen LogP contribution is 2.21. The van der Waals surface area contributed by atoms with Crippen LogP contribution in [-0.4, -0.2) is 80.4 Å². The second-order valence-electron chi connectivity index (χ2n) is 7.65. The van der Waals surface area contributed by atoms with Crippen molar-refractivity contribution in [3.8, 4) is 0 Å². The maximum absolute atomic E-state index is 13.9. The maximum atomic E-state index is 13.9. The first-order valence-electron chi connectivity index (χ1n) is 10.4. The average molecular weight is 427 g/mol. The van der Waals surface area contributed by atoms with Crippen molar-refractivity contribution in [1.29, 1.82) is 0 Å². The Morgan fingerprint density at radius 1 is 1.14 bits per heavy atom. The number of hydrogen-bond acceptors (Lipinski definition) is 4. The largest absolute Gasteiger partial charge is 0.337 e. The molecule has 2 heterocycles. The molecule has 29 heavy (non-hydrogen) atoms. The van der Waals surface area contributed by atoms with Gasteiger partial charge in [-0.2, -0.15) is 4.31 Å². The van der Waals surface area contributed by atoms with E-state index in [-0.39, 0.29) is 24.0 Å². The lowest BCUT2D eigenvalue weighted by molar-refractivity contribution is 0.140. The molecular formula is C20H31FN4O3S. The fraction of sp³-hybridized carbons (Fsp3) is 0.650. The minimum Gasteiger partial charge on any atom is -0.337 e. The number of benzene rings is 1. The molecule has 0 radical (unpaired) electrons. The summed E-state index contributed by atoms with van der Waals surface area (Å²) in [4.78, 5) is 16.2. The number of nitrogens with zero attached hydrogens (tertiary/aromatic N) is 3. The minimum atomic E-state index is -3.89. The normalized spacial score (nSPS) is 21.9. The number of halogens is 1. The maximum Gasteiger partial charge on any atom is 0.317 e. The summed E-state index contributed by atoms with van der Waals surface area (Å²) < 4.78 is 40.5. The molecule has 2 saturated heterocycles. The summed E-state index contributed by atoms with van der Waals surface area (Å²) in [7, 11) is -3.89. The van der Waals surface area contributed by atoms with Crippen molar-refractivity contribution in [2.75, 3.05) is 45.8 Å². The zero-order valence-corrected chi connectivity index (χ0v) is 17.8. The first-order chi connectivity index (χ1) is 13.9. The molecule has 1 aromatic rings. The first-order valence-corrected chi connectivity index (χ1v) is 11.9. The molecule has 1 unspecified atom stereocenters. The van der Waals surface area contributed by atoms with Crippen LogP contribution in [0.15, 0.2) is 29.2 Å². The average Bonchev–Trinajstić information content (AvgIpc) is 2.74. The number of nitrogens with one attached hydrogen (secondary N) is 1. The summed E-state index contributed by atoms with van der Waals surface area (Å²) in [6, 6.07) is 5.82. The van der Waals surface area contributed by atoms with E-state index in [2.05, 4.69) is 17.1 Å². The summed E-state index contributed by atoms with van der Waals surface area (Å²) in [5.41, 5.74) is 0. The molecule has 2 aliphatic heterocycles. The van der Waals surface area contributed by atoms with Gasteiger partial charge < -0.3 is 10.2 Å². The number of piperazine rings is 1. The third kappa shape index (κ3) is 5.26. The van der Waals surface area contributed by atoms with Crippen molar-refractivity contribution in [2.24, 2.45) is 0 Å². The van der Waals surface area contributed by atoms with E-state index in [0.717, 1.165) is 25.6 Å². The van der Waals surface area contributed by atoms with Crippen molar-refractivity contribution >= 4 is 16.1 Å². The van der Waals surface area contributed by atoms with Crippen LogP contribution in [0.1, 0.15) is 32.6 Å². The van der Waals surface area contributed by atoms with Crippen LogP contribution in [0.25, 0.3) is 0 Å². The SMILES string of the molecule is CCC1CCCCN1CCNC(=O)N1CCN(S(=O)(=O)c2ccccc2F)CC1. The van der Waals surface area contributed by atoms with Crippen molar-refractivity contribution in [1.82, 2.24) is 19.4 Å². The second kappa shape index (κ2) is 9.86. The second-order valence-corrected chi connectivity index (χ2v) is 9.55. The Kier molecular flexibility index (Phi) is 7.48. The van der Waals surface area contributed by atoms with Gasteiger partial charge in [0, 0.05) is 45.3 Å². The fourth-order valence-corrected chi connectivity index (χ4v) is 5.65. The molecule has 9 heteroatoms. The molecule has 1 N–H and O–H groups in total. The summed E-state index contributed by atoms with van der Waals surface area (Å²) in [6.07, 6.45) is 4.85. The van der Waals surface area contributed by atoms with Gasteiger partial charge in [0.15, 0.2) is 0 Å². The molecule has 0 saturated carbocycles. The van der Waals surface area contributed by atoms with Gasteiger partial charge in [0.1, 0.15) is 10.7 Å². The molecular weight excluding hydrogens is 395 g/mol. The van der Waals surface area contributed by atoms with E-state index in [1.54, 1.807) is 4.90 Å². The van der Waals surface area contributed by atoms with Gasteiger partial charge in [0.2, 0.25) is 10.0 Å². The number of rotatable bonds is 6. The van der Waals surface area contributed by atoms with E-state index in [4.69, 9.17) is 0 Å². The van der Waals surface area contributed by atoms with E-state index >= 15 is 0 Å². The van der Waals surface area contributed by atoms with Crippen LogP contribution in [-0.2, 0) is 10.0 Å². The van der Waals surface area contributed by atoms with Gasteiger partial charge in [-0.05, 0) is 37.9 Å². The number of carbonyl (C=O) groups is 1. The lowest BCUT2D eigenvalue weighted by Crippen LogP contribution is -2.54. The molecule has 2 fully saturated rings. The van der Waals surface area contributed by atoms with E-state index in [1.165, 1.54) is 41.8 Å². The van der Waals surface area contributed by atoms with Gasteiger partial charge in [-0.25, -0.2) is 17.6 Å². The van der Waals surface area contributed by atoms with E-state index in [1.807, 2.05) is 0 Å². The van der Waals surface area contributed by atoms with Gasteiger partial charge in [0.05, 0.1) is 0 Å². The van der Waals surface area contributed by atoms with E-state index in [9.17, 15) is 17.6 Å². The first kappa shape index (κ1) is 22.0. The highest BCUT2D eigenvalue weighted by Gasteiger charge is 2.31. The Labute approximate surface area is 172 Å². The van der Waals surface area contributed by atoms with Crippen molar-refractivity contribution < 1.29 is 17.6 Å². The predicted molar refractivity (Wildman–Crippen MR) is 110 cm³/mol. The van der Waals surface area contributed by atoms with E-state index in [0.29, 0.717) is 25.7 Å².